The van der Waals surface area contributed by atoms with Crippen LogP contribution in [0.2, 0.25) is 0 Å². The Labute approximate surface area is 128 Å². The lowest BCUT2D eigenvalue weighted by Gasteiger charge is -2.17. The van der Waals surface area contributed by atoms with E-state index >= 15 is 0 Å². The third-order valence-corrected chi connectivity index (χ3v) is 6.02. The van der Waals surface area contributed by atoms with Crippen LogP contribution in [0.15, 0.2) is 27.6 Å². The van der Waals surface area contributed by atoms with E-state index in [0.29, 0.717) is 18.0 Å². The van der Waals surface area contributed by atoms with Gasteiger partial charge in [-0.05, 0) is 24.6 Å². The smallest absolute Gasteiger partial charge is 0.243 e. The monoisotopic (exact) mass is 363 g/mol. The van der Waals surface area contributed by atoms with Crippen molar-refractivity contribution in [3.8, 4) is 0 Å². The van der Waals surface area contributed by atoms with E-state index in [1.54, 1.807) is 33.3 Å². The first-order chi connectivity index (χ1) is 9.40. The topological polar surface area (TPSA) is 55.8 Å². The fourth-order valence-corrected chi connectivity index (χ4v) is 4.58. The van der Waals surface area contributed by atoms with Crippen molar-refractivity contribution in [1.29, 1.82) is 0 Å². The molecule has 1 aromatic rings. The van der Waals surface area contributed by atoms with Gasteiger partial charge in [0.05, 0.1) is 17.1 Å². The zero-order valence-electron chi connectivity index (χ0n) is 11.7. The Morgan fingerprint density at radius 3 is 2.25 bits per heavy atom. The van der Waals surface area contributed by atoms with Gasteiger partial charge >= 0.3 is 0 Å². The molecule has 0 bridgehead atoms. The zero-order valence-corrected chi connectivity index (χ0v) is 14.1. The molecule has 0 N–H and O–H groups in total. The predicted octanol–water partition coefficient (Wildman–Crippen LogP) is 1.79. The van der Waals surface area contributed by atoms with Crippen LogP contribution >= 0.6 is 15.9 Å². The molecule has 1 fully saturated rings. The second-order valence-corrected chi connectivity index (χ2v) is 7.60. The molecule has 1 aromatic carbocycles. The van der Waals surface area contributed by atoms with Gasteiger partial charge < -0.3 is 9.47 Å². The molecule has 2 rings (SSSR count). The molecule has 2 unspecified atom stereocenters. The molecule has 20 heavy (non-hydrogen) atoms. The molecule has 0 aliphatic carbocycles. The molecule has 0 aromatic heterocycles. The van der Waals surface area contributed by atoms with Crippen LogP contribution in [0.4, 0.5) is 0 Å². The Balaban J connectivity index is 2.34. The van der Waals surface area contributed by atoms with Gasteiger partial charge in [0.2, 0.25) is 10.0 Å². The van der Waals surface area contributed by atoms with Crippen molar-refractivity contribution >= 4 is 26.0 Å². The molecular formula is C13H18BrNO4S. The summed E-state index contributed by atoms with van der Waals surface area (Å²) in [5.74, 6) is 0. The Bertz CT molecular complexity index is 578. The Morgan fingerprint density at radius 1 is 1.20 bits per heavy atom. The average Bonchev–Trinajstić information content (AvgIpc) is 2.85. The standard InChI is InChI=1S/C13H18BrNO4S/c1-9-4-5-10(14)6-13(9)20(16,17)15-7-11(18-2)12(8-15)19-3/h4-6,11-12H,7-8H2,1-3H3. The van der Waals surface area contributed by atoms with Crippen LogP contribution < -0.4 is 0 Å². The van der Waals surface area contributed by atoms with Gasteiger partial charge in [-0.3, -0.25) is 0 Å². The lowest BCUT2D eigenvalue weighted by Crippen LogP contribution is -2.30. The minimum Gasteiger partial charge on any atom is -0.377 e. The van der Waals surface area contributed by atoms with Gasteiger partial charge in [-0.15, -0.1) is 0 Å². The van der Waals surface area contributed by atoms with Crippen molar-refractivity contribution in [3.63, 3.8) is 0 Å². The van der Waals surface area contributed by atoms with E-state index in [4.69, 9.17) is 9.47 Å². The number of halogens is 1. The first kappa shape index (κ1) is 15.9. The molecule has 0 spiro atoms. The van der Waals surface area contributed by atoms with Crippen LogP contribution in [-0.4, -0.2) is 52.2 Å². The number of aryl methyl sites for hydroxylation is 1. The third kappa shape index (κ3) is 2.92. The molecule has 1 aliphatic rings. The highest BCUT2D eigenvalue weighted by molar-refractivity contribution is 9.10. The largest absolute Gasteiger partial charge is 0.377 e. The van der Waals surface area contributed by atoms with Crippen LogP contribution in [-0.2, 0) is 19.5 Å². The lowest BCUT2D eigenvalue weighted by atomic mass is 10.2. The van der Waals surface area contributed by atoms with Crippen molar-refractivity contribution in [1.82, 2.24) is 4.31 Å². The highest BCUT2D eigenvalue weighted by Gasteiger charge is 2.40. The minimum atomic E-state index is -3.53. The quantitative estimate of drug-likeness (QED) is 0.818. The molecular weight excluding hydrogens is 346 g/mol. The van der Waals surface area contributed by atoms with E-state index in [9.17, 15) is 8.42 Å². The maximum Gasteiger partial charge on any atom is 0.243 e. The zero-order chi connectivity index (χ0) is 14.9. The second kappa shape index (κ2) is 6.11. The SMILES string of the molecule is COC1CN(S(=O)(=O)c2cc(Br)ccc2C)CC1OC. The predicted molar refractivity (Wildman–Crippen MR) is 79.2 cm³/mol. The van der Waals surface area contributed by atoms with Gasteiger partial charge in [0, 0.05) is 31.8 Å². The molecule has 5 nitrogen and oxygen atoms in total. The van der Waals surface area contributed by atoms with Crippen molar-refractivity contribution in [3.05, 3.63) is 28.2 Å². The number of ether oxygens (including phenoxy) is 2. The van der Waals surface area contributed by atoms with Gasteiger partial charge in [0.15, 0.2) is 0 Å². The lowest BCUT2D eigenvalue weighted by molar-refractivity contribution is -0.00461. The van der Waals surface area contributed by atoms with E-state index in [-0.39, 0.29) is 12.2 Å². The Kier molecular flexibility index (Phi) is 4.86. The molecule has 1 aliphatic heterocycles. The van der Waals surface area contributed by atoms with E-state index < -0.39 is 10.0 Å². The van der Waals surface area contributed by atoms with Crippen LogP contribution in [0.3, 0.4) is 0 Å². The summed E-state index contributed by atoms with van der Waals surface area (Å²) < 4.78 is 38.2. The second-order valence-electron chi connectivity index (χ2n) is 4.78. The molecule has 0 radical (unpaired) electrons. The third-order valence-electron chi connectivity index (χ3n) is 3.56. The van der Waals surface area contributed by atoms with E-state index in [1.807, 2.05) is 6.07 Å². The van der Waals surface area contributed by atoms with Gasteiger partial charge in [-0.25, -0.2) is 8.42 Å². The highest BCUT2D eigenvalue weighted by Crippen LogP contribution is 2.27. The summed E-state index contributed by atoms with van der Waals surface area (Å²) in [7, 11) is -0.401. The molecule has 0 amide bonds. The number of hydrogen-bond acceptors (Lipinski definition) is 4. The molecule has 2 atom stereocenters. The summed E-state index contributed by atoms with van der Waals surface area (Å²) in [5.41, 5.74) is 0.725. The van der Waals surface area contributed by atoms with Crippen LogP contribution in [0.5, 0.6) is 0 Å². The molecule has 7 heteroatoms. The molecule has 1 heterocycles. The number of benzene rings is 1. The fraction of sp³-hybridized carbons (Fsp3) is 0.538. The molecule has 112 valence electrons. The van der Waals surface area contributed by atoms with Gasteiger partial charge in [-0.2, -0.15) is 4.31 Å². The van der Waals surface area contributed by atoms with Crippen molar-refractivity contribution in [2.75, 3.05) is 27.3 Å². The van der Waals surface area contributed by atoms with Crippen molar-refractivity contribution < 1.29 is 17.9 Å². The fourth-order valence-electron chi connectivity index (χ4n) is 2.35. The van der Waals surface area contributed by atoms with Crippen LogP contribution in [0.1, 0.15) is 5.56 Å². The van der Waals surface area contributed by atoms with Crippen LogP contribution in [0.25, 0.3) is 0 Å². The minimum absolute atomic E-state index is 0.234. The number of methoxy groups -OCH3 is 2. The summed E-state index contributed by atoms with van der Waals surface area (Å²) >= 11 is 3.32. The van der Waals surface area contributed by atoms with E-state index in [1.165, 1.54) is 4.31 Å². The molecule has 0 saturated carbocycles. The summed E-state index contributed by atoms with van der Waals surface area (Å²) in [6.07, 6.45) is -0.468. The maximum absolute atomic E-state index is 12.7. The summed E-state index contributed by atoms with van der Waals surface area (Å²) in [4.78, 5) is 0.318. The summed E-state index contributed by atoms with van der Waals surface area (Å²) in [6.45, 7) is 2.41. The van der Waals surface area contributed by atoms with Crippen molar-refractivity contribution in [2.45, 2.75) is 24.0 Å². The number of hydrogen-bond donors (Lipinski definition) is 0. The Morgan fingerprint density at radius 2 is 1.75 bits per heavy atom. The number of nitrogens with zero attached hydrogens (tertiary/aromatic N) is 1. The van der Waals surface area contributed by atoms with Gasteiger partial charge in [0.25, 0.3) is 0 Å². The summed E-state index contributed by atoms with van der Waals surface area (Å²) in [6, 6.07) is 5.25. The van der Waals surface area contributed by atoms with E-state index in [2.05, 4.69) is 15.9 Å². The van der Waals surface area contributed by atoms with Gasteiger partial charge in [-0.1, -0.05) is 22.0 Å². The van der Waals surface area contributed by atoms with Gasteiger partial charge in [0.1, 0.15) is 0 Å². The molecule has 1 saturated heterocycles. The number of rotatable bonds is 4. The summed E-state index contributed by atoms with van der Waals surface area (Å²) in [5, 5.41) is 0. The first-order valence-corrected chi connectivity index (χ1v) is 8.45. The number of sulfonamides is 1. The Hall–Kier alpha value is -0.470. The first-order valence-electron chi connectivity index (χ1n) is 6.22. The normalized spacial score (nSPS) is 24.2. The maximum atomic E-state index is 12.7. The van der Waals surface area contributed by atoms with E-state index in [0.717, 1.165) is 10.0 Å². The van der Waals surface area contributed by atoms with Crippen molar-refractivity contribution in [2.24, 2.45) is 0 Å². The highest BCUT2D eigenvalue weighted by atomic mass is 79.9. The average molecular weight is 364 g/mol. The van der Waals surface area contributed by atoms with Crippen LogP contribution in [0, 0.1) is 6.92 Å².